The van der Waals surface area contributed by atoms with Crippen LogP contribution in [0, 0.1) is 0 Å². The van der Waals surface area contributed by atoms with Crippen molar-refractivity contribution in [3.63, 3.8) is 0 Å². The van der Waals surface area contributed by atoms with Crippen molar-refractivity contribution in [2.24, 2.45) is 0 Å². The maximum absolute atomic E-state index is 2.52. The van der Waals surface area contributed by atoms with Crippen molar-refractivity contribution in [3.8, 4) is 27.9 Å². The number of nitrogens with zero attached hydrogens (tertiary/aromatic N) is 1. The van der Waals surface area contributed by atoms with Crippen LogP contribution >= 0.6 is 11.3 Å². The Morgan fingerprint density at radius 1 is 0.422 bits per heavy atom. The van der Waals surface area contributed by atoms with Gasteiger partial charge in [-0.1, -0.05) is 133 Å². The molecule has 0 bridgehead atoms. The molecule has 0 saturated carbocycles. The minimum Gasteiger partial charge on any atom is -0.309 e. The fraction of sp³-hybridized carbons (Fsp3) is 0.0233. The molecular formula is C43H25NS. The van der Waals surface area contributed by atoms with Crippen LogP contribution in [0.15, 0.2) is 152 Å². The van der Waals surface area contributed by atoms with Crippen LogP contribution < -0.4 is 0 Å². The summed E-state index contributed by atoms with van der Waals surface area (Å²) in [5.74, 6) is 0. The molecule has 2 heteroatoms. The molecule has 1 spiro atoms. The molecule has 0 N–H and O–H groups in total. The number of thiophene rings is 1. The van der Waals surface area contributed by atoms with Crippen LogP contribution in [0.3, 0.4) is 0 Å². The highest BCUT2D eigenvalue weighted by molar-refractivity contribution is 7.26. The molecule has 1 atom stereocenters. The molecular weight excluding hydrogens is 563 g/mol. The van der Waals surface area contributed by atoms with E-state index in [0.717, 1.165) is 0 Å². The minimum absolute atomic E-state index is 0.470. The topological polar surface area (TPSA) is 4.93 Å². The van der Waals surface area contributed by atoms with Crippen LogP contribution in [0.1, 0.15) is 22.3 Å². The van der Waals surface area contributed by atoms with Crippen LogP contribution in [0.4, 0.5) is 0 Å². The van der Waals surface area contributed by atoms with E-state index >= 15 is 0 Å². The fourth-order valence-corrected chi connectivity index (χ4v) is 10.0. The first-order valence-electron chi connectivity index (χ1n) is 15.6. The Morgan fingerprint density at radius 3 is 1.96 bits per heavy atom. The molecule has 1 aliphatic carbocycles. The molecule has 1 nitrogen and oxygen atoms in total. The van der Waals surface area contributed by atoms with Gasteiger partial charge in [0.25, 0.3) is 0 Å². The normalized spacial score (nSPS) is 16.1. The number of benzene rings is 7. The van der Waals surface area contributed by atoms with Crippen LogP contribution in [-0.4, -0.2) is 4.57 Å². The monoisotopic (exact) mass is 587 g/mol. The van der Waals surface area contributed by atoms with Crippen molar-refractivity contribution in [3.05, 3.63) is 174 Å². The van der Waals surface area contributed by atoms with Gasteiger partial charge in [0.2, 0.25) is 0 Å². The van der Waals surface area contributed by atoms with Crippen molar-refractivity contribution in [1.82, 2.24) is 4.57 Å². The van der Waals surface area contributed by atoms with Gasteiger partial charge in [0.15, 0.2) is 0 Å². The predicted molar refractivity (Wildman–Crippen MR) is 190 cm³/mol. The molecule has 7 aromatic carbocycles. The van der Waals surface area contributed by atoms with E-state index in [4.69, 9.17) is 0 Å². The average Bonchev–Trinajstić information content (AvgIpc) is 3.75. The van der Waals surface area contributed by atoms with Crippen molar-refractivity contribution in [2.45, 2.75) is 5.41 Å². The summed E-state index contributed by atoms with van der Waals surface area (Å²) in [5, 5.41) is 5.28. The lowest BCUT2D eigenvalue weighted by Gasteiger charge is -2.40. The lowest BCUT2D eigenvalue weighted by Crippen LogP contribution is -2.34. The molecule has 2 aliphatic rings. The third-order valence-corrected chi connectivity index (χ3v) is 11.6. The lowest BCUT2D eigenvalue weighted by molar-refractivity contribution is 0.750. The third-order valence-electron chi connectivity index (χ3n) is 10.4. The maximum Gasteiger partial charge on any atom is 0.0760 e. The Balaban J connectivity index is 1.37. The number of hydrogen-bond donors (Lipinski definition) is 0. The van der Waals surface area contributed by atoms with E-state index in [0.29, 0.717) is 0 Å². The highest BCUT2D eigenvalue weighted by atomic mass is 32.1. The zero-order valence-electron chi connectivity index (χ0n) is 24.3. The van der Waals surface area contributed by atoms with Crippen molar-refractivity contribution < 1.29 is 0 Å². The Hall–Kier alpha value is -5.44. The van der Waals surface area contributed by atoms with Crippen LogP contribution in [0.2, 0.25) is 0 Å². The van der Waals surface area contributed by atoms with Gasteiger partial charge in [0, 0.05) is 30.9 Å². The number of fused-ring (bicyclic) bond motifs is 15. The Bertz CT molecular complexity index is 2720. The Labute approximate surface area is 264 Å². The molecule has 0 radical (unpaired) electrons. The third kappa shape index (κ3) is 2.76. The van der Waals surface area contributed by atoms with Gasteiger partial charge < -0.3 is 4.57 Å². The summed E-state index contributed by atoms with van der Waals surface area (Å²) in [6, 6.07) is 56.9. The highest BCUT2D eigenvalue weighted by Gasteiger charge is 2.52. The van der Waals surface area contributed by atoms with Crippen molar-refractivity contribution in [1.29, 1.82) is 0 Å². The number of hydrogen-bond acceptors (Lipinski definition) is 1. The van der Waals surface area contributed by atoms with Gasteiger partial charge in [0.1, 0.15) is 0 Å². The second-order valence-electron chi connectivity index (χ2n) is 12.4. The number of rotatable bonds is 1. The summed E-state index contributed by atoms with van der Waals surface area (Å²) in [6.45, 7) is 0. The molecule has 0 amide bonds. The molecule has 208 valence electrons. The van der Waals surface area contributed by atoms with Crippen molar-refractivity contribution in [2.75, 3.05) is 0 Å². The van der Waals surface area contributed by atoms with Crippen molar-refractivity contribution >= 4 is 53.3 Å². The number of aromatic nitrogens is 1. The molecule has 0 fully saturated rings. The van der Waals surface area contributed by atoms with Gasteiger partial charge in [-0.25, -0.2) is 0 Å². The molecule has 11 rings (SSSR count). The predicted octanol–water partition coefficient (Wildman–Crippen LogP) is 11.5. The largest absolute Gasteiger partial charge is 0.309 e. The summed E-state index contributed by atoms with van der Waals surface area (Å²) in [5.41, 5.74) is 14.1. The van der Waals surface area contributed by atoms with E-state index in [1.54, 1.807) is 0 Å². The maximum atomic E-state index is 2.52. The quantitative estimate of drug-likeness (QED) is 0.180. The zero-order valence-corrected chi connectivity index (χ0v) is 25.1. The molecule has 0 saturated heterocycles. The van der Waals surface area contributed by atoms with E-state index in [9.17, 15) is 0 Å². The summed E-state index contributed by atoms with van der Waals surface area (Å²) in [4.78, 5) is 0. The van der Waals surface area contributed by atoms with Crippen LogP contribution in [-0.2, 0) is 5.41 Å². The Kier molecular flexibility index (Phi) is 4.46. The van der Waals surface area contributed by atoms with Gasteiger partial charge in [-0.05, 0) is 62.7 Å². The first kappa shape index (κ1) is 23.9. The summed E-state index contributed by atoms with van der Waals surface area (Å²) in [7, 11) is 0. The molecule has 3 heterocycles. The highest BCUT2D eigenvalue weighted by Crippen LogP contribution is 2.63. The molecule has 1 aliphatic heterocycles. The Morgan fingerprint density at radius 2 is 1.02 bits per heavy atom. The fourth-order valence-electron chi connectivity index (χ4n) is 8.81. The van der Waals surface area contributed by atoms with Gasteiger partial charge in [-0.15, -0.1) is 11.3 Å². The summed E-state index contributed by atoms with van der Waals surface area (Å²) in [6.07, 6.45) is 0. The summed E-state index contributed by atoms with van der Waals surface area (Å²) < 4.78 is 5.22. The van der Waals surface area contributed by atoms with Crippen LogP contribution in [0.25, 0.3) is 69.9 Å². The van der Waals surface area contributed by atoms with E-state index in [-0.39, 0.29) is 0 Å². The molecule has 45 heavy (non-hydrogen) atoms. The first-order chi connectivity index (χ1) is 22.4. The lowest BCUT2D eigenvalue weighted by atomic mass is 9.64. The van der Waals surface area contributed by atoms with Gasteiger partial charge >= 0.3 is 0 Å². The molecule has 2 aromatic heterocycles. The van der Waals surface area contributed by atoms with Gasteiger partial charge in [0.05, 0.1) is 22.1 Å². The second kappa shape index (κ2) is 8.38. The molecule has 9 aromatic rings. The van der Waals surface area contributed by atoms with Crippen LogP contribution in [0.5, 0.6) is 0 Å². The zero-order chi connectivity index (χ0) is 29.3. The van der Waals surface area contributed by atoms with E-state index < -0.39 is 5.41 Å². The van der Waals surface area contributed by atoms with Gasteiger partial charge in [-0.2, -0.15) is 0 Å². The SMILES string of the molecule is c1ccc2c(c1)-c1cccc(-c3cccc4c3sc3ccccc34)c1C21c2ccccc2-n2c3ccccc3c3cccc1c32. The van der Waals surface area contributed by atoms with E-state index in [2.05, 4.69) is 156 Å². The number of para-hydroxylation sites is 3. The first-order valence-corrected chi connectivity index (χ1v) is 16.4. The smallest absolute Gasteiger partial charge is 0.0760 e. The average molecular weight is 588 g/mol. The van der Waals surface area contributed by atoms with E-state index in [1.165, 1.54) is 92.2 Å². The second-order valence-corrected chi connectivity index (χ2v) is 13.4. The molecule has 1 unspecified atom stereocenters. The standard InChI is InChI=1S/C43H25NS/c1-4-20-34-26(12-1)29-15-9-16-30(33-19-10-18-32-28-14-3-8-25-39(28)45-42(32)33)40(29)43(34)35-21-5-7-24-38(35)44-37-23-6-2-13-27(37)31-17-11-22-36(43)41(31)44/h1-25H. The van der Waals surface area contributed by atoms with E-state index in [1.807, 2.05) is 11.3 Å². The summed E-state index contributed by atoms with van der Waals surface area (Å²) >= 11 is 1.91. The minimum atomic E-state index is -0.470. The van der Waals surface area contributed by atoms with Gasteiger partial charge in [-0.3, -0.25) is 0 Å².